The summed E-state index contributed by atoms with van der Waals surface area (Å²) in [5.41, 5.74) is 1.20. The van der Waals surface area contributed by atoms with E-state index in [9.17, 15) is 4.79 Å². The number of aromatic amines is 1. The first-order chi connectivity index (χ1) is 7.36. The number of nitrogens with zero attached hydrogens (tertiary/aromatic N) is 3. The number of hydrogen-bond donors (Lipinski definition) is 1. The van der Waals surface area contributed by atoms with Crippen molar-refractivity contribution >= 4 is 11.2 Å². The van der Waals surface area contributed by atoms with Crippen molar-refractivity contribution in [1.29, 1.82) is 0 Å². The van der Waals surface area contributed by atoms with Gasteiger partial charge in [-0.15, -0.1) is 0 Å². The largest absolute Gasteiger partial charge is 0.379 e. The number of H-pyrrole nitrogens is 1. The van der Waals surface area contributed by atoms with Crippen LogP contribution in [0.25, 0.3) is 11.2 Å². The number of fused-ring (bicyclic) bond motifs is 1. The van der Waals surface area contributed by atoms with E-state index in [1.54, 1.807) is 10.8 Å². The smallest absolute Gasteiger partial charge is 0.328 e. The molecule has 1 fully saturated rings. The monoisotopic (exact) mass is 206 g/mol. The molecule has 0 bridgehead atoms. The maximum Gasteiger partial charge on any atom is 0.328 e. The Hall–Kier alpha value is -1.69. The van der Waals surface area contributed by atoms with E-state index in [2.05, 4.69) is 15.0 Å². The Kier molecular flexibility index (Phi) is 1.81. The molecule has 1 aliphatic rings. The maximum atomic E-state index is 11.7. The number of imidazole rings is 1. The van der Waals surface area contributed by atoms with Crippen LogP contribution in [0.4, 0.5) is 0 Å². The summed E-state index contributed by atoms with van der Waals surface area (Å²) in [6, 6.07) is 0.0983. The highest BCUT2D eigenvalue weighted by Gasteiger charge is 2.22. The molecule has 0 saturated carbocycles. The molecule has 2 aromatic rings. The second-order valence-electron chi connectivity index (χ2n) is 3.58. The van der Waals surface area contributed by atoms with Crippen molar-refractivity contribution in [2.45, 2.75) is 12.5 Å². The van der Waals surface area contributed by atoms with E-state index in [0.717, 1.165) is 6.42 Å². The Morgan fingerprint density at radius 2 is 2.53 bits per heavy atom. The molecule has 3 rings (SSSR count). The van der Waals surface area contributed by atoms with Gasteiger partial charge >= 0.3 is 5.69 Å². The van der Waals surface area contributed by atoms with Gasteiger partial charge in [-0.1, -0.05) is 0 Å². The average Bonchev–Trinajstić information content (AvgIpc) is 2.82. The fraction of sp³-hybridized carbons (Fsp3) is 0.444. The normalized spacial score (nSPS) is 21.2. The SMILES string of the molecule is O=c1[nH]c2cncnc2n1C1CCOC1. The minimum atomic E-state index is -0.138. The Morgan fingerprint density at radius 3 is 3.33 bits per heavy atom. The van der Waals surface area contributed by atoms with E-state index in [1.165, 1.54) is 6.33 Å². The molecular formula is C9H10N4O2. The molecule has 3 heterocycles. The standard InChI is InChI=1S/C9H10N4O2/c14-9-12-7-3-10-5-11-8(7)13(9)6-1-2-15-4-6/h3,5-6H,1-2,4H2,(H,12,14). The Bertz CT molecular complexity index is 538. The van der Waals surface area contributed by atoms with Crippen LogP contribution in [0, 0.1) is 0 Å². The molecule has 15 heavy (non-hydrogen) atoms. The first kappa shape index (κ1) is 8.60. The predicted octanol–water partition coefficient (Wildman–Crippen LogP) is 0.0810. The molecule has 1 N–H and O–H groups in total. The van der Waals surface area contributed by atoms with E-state index < -0.39 is 0 Å². The summed E-state index contributed by atoms with van der Waals surface area (Å²) in [5, 5.41) is 0. The summed E-state index contributed by atoms with van der Waals surface area (Å²) in [6.07, 6.45) is 3.91. The van der Waals surface area contributed by atoms with Gasteiger partial charge in [-0.3, -0.25) is 4.57 Å². The third-order valence-corrected chi connectivity index (χ3v) is 2.65. The summed E-state index contributed by atoms with van der Waals surface area (Å²) < 4.78 is 6.92. The first-order valence-electron chi connectivity index (χ1n) is 4.84. The predicted molar refractivity (Wildman–Crippen MR) is 52.6 cm³/mol. The van der Waals surface area contributed by atoms with Gasteiger partial charge in [-0.05, 0) is 6.42 Å². The van der Waals surface area contributed by atoms with Crippen LogP contribution in [-0.4, -0.2) is 32.7 Å². The maximum absolute atomic E-state index is 11.7. The summed E-state index contributed by atoms with van der Waals surface area (Å²) in [7, 11) is 0. The van der Waals surface area contributed by atoms with Gasteiger partial charge in [-0.25, -0.2) is 14.8 Å². The molecule has 6 heteroatoms. The van der Waals surface area contributed by atoms with Gasteiger partial charge in [0.25, 0.3) is 0 Å². The first-order valence-corrected chi connectivity index (χ1v) is 4.84. The number of hydrogen-bond acceptors (Lipinski definition) is 4. The van der Waals surface area contributed by atoms with Crippen LogP contribution >= 0.6 is 0 Å². The molecular weight excluding hydrogens is 196 g/mol. The third kappa shape index (κ3) is 1.25. The van der Waals surface area contributed by atoms with Crippen LogP contribution in [0.5, 0.6) is 0 Å². The van der Waals surface area contributed by atoms with Crippen LogP contribution in [0.2, 0.25) is 0 Å². The van der Waals surface area contributed by atoms with Gasteiger partial charge in [-0.2, -0.15) is 0 Å². The highest BCUT2D eigenvalue weighted by molar-refractivity contribution is 5.68. The summed E-state index contributed by atoms with van der Waals surface area (Å²) in [4.78, 5) is 22.4. The summed E-state index contributed by atoms with van der Waals surface area (Å²) in [6.45, 7) is 1.28. The van der Waals surface area contributed by atoms with Gasteiger partial charge in [0.05, 0.1) is 18.8 Å². The second-order valence-corrected chi connectivity index (χ2v) is 3.58. The van der Waals surface area contributed by atoms with Crippen molar-refractivity contribution in [3.63, 3.8) is 0 Å². The molecule has 0 aromatic carbocycles. The highest BCUT2D eigenvalue weighted by atomic mass is 16.5. The molecule has 0 spiro atoms. The Morgan fingerprint density at radius 1 is 1.60 bits per heavy atom. The second kappa shape index (κ2) is 3.16. The number of rotatable bonds is 1. The average molecular weight is 206 g/mol. The van der Waals surface area contributed by atoms with E-state index in [-0.39, 0.29) is 11.7 Å². The van der Waals surface area contributed by atoms with Crippen LogP contribution in [-0.2, 0) is 4.74 Å². The van der Waals surface area contributed by atoms with Crippen LogP contribution < -0.4 is 5.69 Å². The van der Waals surface area contributed by atoms with Crippen molar-refractivity contribution in [2.75, 3.05) is 13.2 Å². The van der Waals surface area contributed by atoms with Gasteiger partial charge in [0.1, 0.15) is 11.8 Å². The number of ether oxygens (including phenoxy) is 1. The molecule has 2 aromatic heterocycles. The fourth-order valence-electron chi connectivity index (χ4n) is 1.94. The zero-order chi connectivity index (χ0) is 10.3. The topological polar surface area (TPSA) is 72.8 Å². The zero-order valence-corrected chi connectivity index (χ0v) is 8.01. The van der Waals surface area contributed by atoms with Gasteiger partial charge < -0.3 is 9.72 Å². The van der Waals surface area contributed by atoms with Crippen molar-refractivity contribution < 1.29 is 4.74 Å². The van der Waals surface area contributed by atoms with Crippen molar-refractivity contribution in [2.24, 2.45) is 0 Å². The van der Waals surface area contributed by atoms with Crippen LogP contribution in [0.3, 0.4) is 0 Å². The molecule has 0 radical (unpaired) electrons. The van der Waals surface area contributed by atoms with Crippen LogP contribution in [0.15, 0.2) is 17.3 Å². The summed E-state index contributed by atoms with van der Waals surface area (Å²) in [5.74, 6) is 0. The fourth-order valence-corrected chi connectivity index (χ4v) is 1.94. The van der Waals surface area contributed by atoms with Crippen molar-refractivity contribution in [3.8, 4) is 0 Å². The lowest BCUT2D eigenvalue weighted by Crippen LogP contribution is -2.22. The van der Waals surface area contributed by atoms with E-state index >= 15 is 0 Å². The number of nitrogens with one attached hydrogen (secondary N) is 1. The lowest BCUT2D eigenvalue weighted by atomic mass is 10.2. The number of aromatic nitrogens is 4. The minimum Gasteiger partial charge on any atom is -0.379 e. The molecule has 1 saturated heterocycles. The lowest BCUT2D eigenvalue weighted by Gasteiger charge is -2.07. The minimum absolute atomic E-state index is 0.0983. The molecule has 78 valence electrons. The third-order valence-electron chi connectivity index (χ3n) is 2.65. The molecule has 0 amide bonds. The van der Waals surface area contributed by atoms with Crippen molar-refractivity contribution in [3.05, 3.63) is 23.0 Å². The summed E-state index contributed by atoms with van der Waals surface area (Å²) >= 11 is 0. The van der Waals surface area contributed by atoms with Crippen molar-refractivity contribution in [1.82, 2.24) is 19.5 Å². The molecule has 1 atom stereocenters. The Labute approximate surface area is 84.9 Å². The van der Waals surface area contributed by atoms with E-state index in [1.807, 2.05) is 0 Å². The van der Waals surface area contributed by atoms with Gasteiger partial charge in [0.15, 0.2) is 5.65 Å². The van der Waals surface area contributed by atoms with Crippen LogP contribution in [0.1, 0.15) is 12.5 Å². The molecule has 0 aliphatic carbocycles. The molecule has 1 aliphatic heterocycles. The quantitative estimate of drug-likeness (QED) is 0.717. The molecule has 6 nitrogen and oxygen atoms in total. The zero-order valence-electron chi connectivity index (χ0n) is 8.01. The van der Waals surface area contributed by atoms with E-state index in [4.69, 9.17) is 4.74 Å². The van der Waals surface area contributed by atoms with Gasteiger partial charge in [0, 0.05) is 6.61 Å². The Balaban J connectivity index is 2.23. The highest BCUT2D eigenvalue weighted by Crippen LogP contribution is 2.19. The van der Waals surface area contributed by atoms with E-state index in [0.29, 0.717) is 24.4 Å². The van der Waals surface area contributed by atoms with Gasteiger partial charge in [0.2, 0.25) is 0 Å². The molecule has 1 unspecified atom stereocenters. The lowest BCUT2D eigenvalue weighted by molar-refractivity contribution is 0.186.